The van der Waals surface area contributed by atoms with Crippen molar-refractivity contribution in [2.75, 3.05) is 54.2 Å². The number of nitrogens with zero attached hydrogens (tertiary/aromatic N) is 1. The number of nitrogens with two attached hydrogens (primary N) is 3. The van der Waals surface area contributed by atoms with Crippen LogP contribution in [0.4, 0.5) is 0 Å². The van der Waals surface area contributed by atoms with Gasteiger partial charge < -0.3 is 34.3 Å². The molecule has 0 bridgehead atoms. The van der Waals surface area contributed by atoms with E-state index in [1.165, 1.54) is 0 Å². The van der Waals surface area contributed by atoms with E-state index in [-0.39, 0.29) is 13.6 Å². The van der Waals surface area contributed by atoms with Crippen LogP contribution in [-0.2, 0) is 18.9 Å². The number of aldehydes is 1. The Bertz CT molecular complexity index is 940. The van der Waals surface area contributed by atoms with Crippen LogP contribution in [0, 0.1) is 27.7 Å². The molecule has 2 aromatic rings. The first-order chi connectivity index (χ1) is 17.9. The van der Waals surface area contributed by atoms with Crippen LogP contribution in [0.15, 0.2) is 29.4 Å². The number of benzene rings is 2. The molecule has 0 unspecified atom stereocenters. The number of rotatable bonds is 14. The van der Waals surface area contributed by atoms with Gasteiger partial charge in [-0.1, -0.05) is 12.1 Å². The second-order valence-corrected chi connectivity index (χ2v) is 7.57. The summed E-state index contributed by atoms with van der Waals surface area (Å²) in [7, 11) is 3.24. The van der Waals surface area contributed by atoms with Crippen molar-refractivity contribution in [2.45, 2.75) is 27.7 Å². The zero-order valence-electron chi connectivity index (χ0n) is 22.7. The molecular weight excluding hydrogens is 480 g/mol. The van der Waals surface area contributed by atoms with Crippen molar-refractivity contribution in [2.24, 2.45) is 22.6 Å². The number of carbonyl (C=O) groups is 1. The minimum atomic E-state index is 0.120. The lowest BCUT2D eigenvalue weighted by atomic mass is 10.1. The Balaban J connectivity index is 0.000000657. The van der Waals surface area contributed by atoms with Gasteiger partial charge in [0, 0.05) is 19.8 Å². The molecule has 2 aromatic carbocycles. The van der Waals surface area contributed by atoms with Crippen molar-refractivity contribution >= 4 is 12.5 Å². The summed E-state index contributed by atoms with van der Waals surface area (Å²) in [6, 6.07) is 7.58. The minimum Gasteiger partial charge on any atom is -0.467 e. The lowest BCUT2D eigenvalue weighted by Crippen LogP contribution is -2.10. The van der Waals surface area contributed by atoms with Gasteiger partial charge in [-0.25, -0.2) is 0 Å². The molecule has 2 rings (SSSR count). The molecule has 0 atom stereocenters. The zero-order valence-corrected chi connectivity index (χ0v) is 22.7. The maximum atomic E-state index is 10.9. The summed E-state index contributed by atoms with van der Waals surface area (Å²) in [5.41, 5.74) is 5.64. The van der Waals surface area contributed by atoms with E-state index in [2.05, 4.69) is 16.8 Å². The van der Waals surface area contributed by atoms with Gasteiger partial charge in [0.15, 0.2) is 19.9 Å². The van der Waals surface area contributed by atoms with E-state index < -0.39 is 0 Å². The van der Waals surface area contributed by atoms with E-state index >= 15 is 0 Å². The van der Waals surface area contributed by atoms with Crippen molar-refractivity contribution < 1.29 is 33.2 Å². The highest BCUT2D eigenvalue weighted by Crippen LogP contribution is 2.26. The molecule has 0 aliphatic rings. The van der Waals surface area contributed by atoms with Crippen LogP contribution in [0.2, 0.25) is 0 Å². The summed E-state index contributed by atoms with van der Waals surface area (Å²) in [5.74, 6) is 14.5. The van der Waals surface area contributed by atoms with Crippen LogP contribution >= 0.6 is 0 Å². The van der Waals surface area contributed by atoms with Gasteiger partial charge in [-0.2, -0.15) is 5.10 Å². The number of hydrogen-bond donors (Lipinski definition) is 3. The van der Waals surface area contributed by atoms with Gasteiger partial charge in [0.2, 0.25) is 0 Å². The molecule has 0 saturated carbocycles. The van der Waals surface area contributed by atoms with Crippen molar-refractivity contribution in [3.63, 3.8) is 0 Å². The van der Waals surface area contributed by atoms with E-state index in [9.17, 15) is 4.79 Å². The minimum absolute atomic E-state index is 0.120. The molecule has 6 N–H and O–H groups in total. The molecule has 11 heteroatoms. The number of methoxy groups -OCH3 is 2. The van der Waals surface area contributed by atoms with Crippen molar-refractivity contribution in [3.05, 3.63) is 57.6 Å². The number of aryl methyl sites for hydroxylation is 2. The summed E-state index contributed by atoms with van der Waals surface area (Å²) < 4.78 is 31.3. The third-order valence-corrected chi connectivity index (χ3v) is 5.19. The third kappa shape index (κ3) is 12.6. The number of hydrogen-bond acceptors (Lipinski definition) is 11. The maximum absolute atomic E-state index is 10.9. The van der Waals surface area contributed by atoms with E-state index in [1.807, 2.05) is 45.9 Å². The second kappa shape index (κ2) is 21.1. The van der Waals surface area contributed by atoms with Crippen molar-refractivity contribution in [1.82, 2.24) is 0 Å². The molecule has 0 amide bonds. The normalized spacial score (nSPS) is 10.3. The summed E-state index contributed by atoms with van der Waals surface area (Å²) in [6.45, 7) is 10.3. The van der Waals surface area contributed by atoms with Crippen molar-refractivity contribution in [3.8, 4) is 11.5 Å². The molecule has 0 radical (unpaired) electrons. The quantitative estimate of drug-likeness (QED) is 0.0839. The first-order valence-corrected chi connectivity index (χ1v) is 11.5. The van der Waals surface area contributed by atoms with Crippen LogP contribution in [0.1, 0.15) is 38.2 Å². The van der Waals surface area contributed by atoms with Gasteiger partial charge in [0.25, 0.3) is 0 Å². The average molecular weight is 523 g/mol. The van der Waals surface area contributed by atoms with Crippen LogP contribution < -0.4 is 27.0 Å². The Morgan fingerprint density at radius 2 is 1.16 bits per heavy atom. The van der Waals surface area contributed by atoms with Crippen LogP contribution in [0.25, 0.3) is 0 Å². The number of hydrazone groups is 1. The van der Waals surface area contributed by atoms with Gasteiger partial charge in [0.05, 0.1) is 38.2 Å². The first kappa shape index (κ1) is 33.9. The lowest BCUT2D eigenvalue weighted by Gasteiger charge is -2.13. The molecule has 0 spiro atoms. The van der Waals surface area contributed by atoms with Gasteiger partial charge in [0.1, 0.15) is 11.5 Å². The molecule has 0 aromatic heterocycles. The lowest BCUT2D eigenvalue weighted by molar-refractivity contribution is -0.00903. The molecular formula is C26H42N4O7. The van der Waals surface area contributed by atoms with Crippen molar-refractivity contribution in [1.29, 1.82) is 0 Å². The Kier molecular flexibility index (Phi) is 19.3. The average Bonchev–Trinajstić information content (AvgIpc) is 2.91. The Labute approximate surface area is 219 Å². The zero-order chi connectivity index (χ0) is 28.1. The molecule has 0 saturated heterocycles. The summed E-state index contributed by atoms with van der Waals surface area (Å²) in [5, 5.41) is 3.53. The summed E-state index contributed by atoms with van der Waals surface area (Å²) in [4.78, 5) is 10.9. The number of carbonyl (C=O) groups excluding carboxylic acids is 1. The fourth-order valence-corrected chi connectivity index (χ4v) is 2.88. The number of ether oxygens (including phenoxy) is 6. The van der Waals surface area contributed by atoms with E-state index in [1.54, 1.807) is 26.5 Å². The van der Waals surface area contributed by atoms with E-state index in [4.69, 9.17) is 34.3 Å². The van der Waals surface area contributed by atoms with E-state index in [0.717, 1.165) is 39.9 Å². The molecule has 0 heterocycles. The number of hydrazine groups is 1. The summed E-state index contributed by atoms with van der Waals surface area (Å²) >= 11 is 0. The highest BCUT2D eigenvalue weighted by Gasteiger charge is 2.09. The Morgan fingerprint density at radius 1 is 0.730 bits per heavy atom. The standard InChI is InChI=1S/C13H20N2O3.C13H18O4.H4N2/c1-10-4-5-12(8-15-14)13(11(10)2)18-9-17-7-6-16-3;1-10-4-5-12(8-14)13(11(10)2)17-9-16-7-6-15-3;1-2/h4-5,8H,6-7,9,14H2,1-3H3;4-5,8H,6-7,9H2,1-3H3;1-2H2/b15-8+;;. The molecule has 37 heavy (non-hydrogen) atoms. The Morgan fingerprint density at radius 3 is 1.57 bits per heavy atom. The highest BCUT2D eigenvalue weighted by molar-refractivity contribution is 5.84. The predicted molar refractivity (Wildman–Crippen MR) is 144 cm³/mol. The highest BCUT2D eigenvalue weighted by atomic mass is 16.7. The second-order valence-electron chi connectivity index (χ2n) is 7.57. The topological polar surface area (TPSA) is 163 Å². The SMILES string of the molecule is COCCOCOc1c(/C=N/N)ccc(C)c1C.COCCOCOc1c(C=O)ccc(C)c1C.NN. The predicted octanol–water partition coefficient (Wildman–Crippen LogP) is 2.53. The largest absolute Gasteiger partial charge is 0.467 e. The monoisotopic (exact) mass is 522 g/mol. The third-order valence-electron chi connectivity index (χ3n) is 5.19. The fourth-order valence-electron chi connectivity index (χ4n) is 2.88. The van der Waals surface area contributed by atoms with Crippen LogP contribution in [0.5, 0.6) is 11.5 Å². The smallest absolute Gasteiger partial charge is 0.189 e. The molecule has 11 nitrogen and oxygen atoms in total. The van der Waals surface area contributed by atoms with Crippen LogP contribution in [0.3, 0.4) is 0 Å². The molecule has 0 fully saturated rings. The Hall–Kier alpha value is -3.06. The fraction of sp³-hybridized carbons (Fsp3) is 0.462. The first-order valence-electron chi connectivity index (χ1n) is 11.5. The molecule has 0 aliphatic heterocycles. The molecule has 0 aliphatic carbocycles. The van der Waals surface area contributed by atoms with Gasteiger partial charge >= 0.3 is 0 Å². The molecule has 208 valence electrons. The summed E-state index contributed by atoms with van der Waals surface area (Å²) in [6.07, 6.45) is 2.36. The van der Waals surface area contributed by atoms with E-state index in [0.29, 0.717) is 37.7 Å². The maximum Gasteiger partial charge on any atom is 0.189 e. The van der Waals surface area contributed by atoms with Gasteiger partial charge in [-0.05, 0) is 62.1 Å². The van der Waals surface area contributed by atoms with Gasteiger partial charge in [-0.3, -0.25) is 16.5 Å². The van der Waals surface area contributed by atoms with Crippen LogP contribution in [-0.4, -0.2) is 66.7 Å². The van der Waals surface area contributed by atoms with Gasteiger partial charge in [-0.15, -0.1) is 0 Å².